The lowest BCUT2D eigenvalue weighted by Gasteiger charge is -2.16. The Bertz CT molecular complexity index is 1040. The molecular weight excluding hydrogens is 397 g/mol. The van der Waals surface area contributed by atoms with E-state index >= 15 is 0 Å². The molecule has 0 radical (unpaired) electrons. The number of benzene rings is 2. The van der Waals surface area contributed by atoms with Crippen LogP contribution in [-0.2, 0) is 26.9 Å². The van der Waals surface area contributed by atoms with E-state index in [1.54, 1.807) is 0 Å². The average Bonchev–Trinajstić information content (AvgIpc) is 3.11. The Hall–Kier alpha value is -3.29. The Kier molecular flexibility index (Phi) is 6.44. The molecule has 5 nitrogen and oxygen atoms in total. The summed E-state index contributed by atoms with van der Waals surface area (Å²) in [6, 6.07) is 12.5. The number of hydrogen-bond acceptors (Lipinski definition) is 3. The first-order valence-corrected chi connectivity index (χ1v) is 9.47. The van der Waals surface area contributed by atoms with Crippen molar-refractivity contribution < 1.29 is 27.5 Å². The summed E-state index contributed by atoms with van der Waals surface area (Å²) in [5, 5.41) is 3.27. The molecule has 0 fully saturated rings. The van der Waals surface area contributed by atoms with Gasteiger partial charge in [-0.05, 0) is 43.5 Å². The van der Waals surface area contributed by atoms with Gasteiger partial charge in [0.25, 0.3) is 5.91 Å². The maximum absolute atomic E-state index is 13.0. The zero-order valence-electron chi connectivity index (χ0n) is 16.3. The fraction of sp³-hybridized carbons (Fsp3) is 0.273. The van der Waals surface area contributed by atoms with Gasteiger partial charge >= 0.3 is 12.1 Å². The molecule has 1 atom stereocenters. The third kappa shape index (κ3) is 5.20. The molecule has 3 aromatic rings. The predicted octanol–water partition coefficient (Wildman–Crippen LogP) is 5.08. The minimum absolute atomic E-state index is 0.0935. The van der Waals surface area contributed by atoms with Crippen molar-refractivity contribution in [2.45, 2.75) is 38.5 Å². The number of alkyl halides is 3. The number of aromatic nitrogens is 1. The van der Waals surface area contributed by atoms with Crippen molar-refractivity contribution in [3.63, 3.8) is 0 Å². The third-order valence-corrected chi connectivity index (χ3v) is 4.67. The third-order valence-electron chi connectivity index (χ3n) is 4.67. The van der Waals surface area contributed by atoms with E-state index in [1.165, 1.54) is 19.1 Å². The molecule has 158 valence electrons. The number of ether oxygens (including phenoxy) is 1. The number of rotatable bonds is 7. The number of hydrogen-bond donors (Lipinski definition) is 2. The number of anilines is 1. The fourth-order valence-electron chi connectivity index (χ4n) is 3.14. The van der Waals surface area contributed by atoms with Crippen LogP contribution in [-0.4, -0.2) is 23.0 Å². The van der Waals surface area contributed by atoms with Crippen LogP contribution in [0.5, 0.6) is 0 Å². The summed E-state index contributed by atoms with van der Waals surface area (Å²) in [4.78, 5) is 27.4. The zero-order valence-corrected chi connectivity index (χ0v) is 16.3. The number of carbonyl (C=O) groups is 2. The molecule has 0 bridgehead atoms. The Labute approximate surface area is 171 Å². The van der Waals surface area contributed by atoms with Crippen LogP contribution >= 0.6 is 0 Å². The summed E-state index contributed by atoms with van der Waals surface area (Å²) < 4.78 is 44.2. The molecule has 30 heavy (non-hydrogen) atoms. The van der Waals surface area contributed by atoms with E-state index < -0.39 is 29.7 Å². The second-order valence-corrected chi connectivity index (χ2v) is 6.88. The Morgan fingerprint density at radius 3 is 2.57 bits per heavy atom. The Balaban J connectivity index is 1.50. The molecule has 0 saturated heterocycles. The smallest absolute Gasteiger partial charge is 0.418 e. The molecule has 0 aliphatic heterocycles. The monoisotopic (exact) mass is 418 g/mol. The lowest BCUT2D eigenvalue weighted by Crippen LogP contribution is -2.30. The molecule has 1 heterocycles. The van der Waals surface area contributed by atoms with Gasteiger partial charge in [-0.1, -0.05) is 30.3 Å². The number of carbonyl (C=O) groups excluding carboxylic acids is 2. The molecule has 3 rings (SSSR count). The topological polar surface area (TPSA) is 71.2 Å². The largest absolute Gasteiger partial charge is 0.453 e. The van der Waals surface area contributed by atoms with Crippen molar-refractivity contribution in [1.29, 1.82) is 0 Å². The van der Waals surface area contributed by atoms with Gasteiger partial charge in [-0.3, -0.25) is 9.59 Å². The molecule has 0 aliphatic carbocycles. The fourth-order valence-corrected chi connectivity index (χ4v) is 3.14. The molecule has 1 amide bonds. The molecule has 0 aliphatic rings. The summed E-state index contributed by atoms with van der Waals surface area (Å²) in [6.07, 6.45) is -2.66. The standard InChI is InChI=1S/C22H21F3N2O3/c1-14(21(29)27-19-11-5-3-9-17(19)22(23,24)25)30-20(28)12-6-7-15-13-26-18-10-4-2-8-16(15)18/h2-5,8-11,13-14,26H,6-7,12H2,1H3,(H,27,29). The van der Waals surface area contributed by atoms with Crippen molar-refractivity contribution in [2.24, 2.45) is 0 Å². The normalized spacial score (nSPS) is 12.5. The van der Waals surface area contributed by atoms with Crippen LogP contribution in [0.1, 0.15) is 30.9 Å². The van der Waals surface area contributed by atoms with Crippen molar-refractivity contribution in [1.82, 2.24) is 4.98 Å². The summed E-state index contributed by atoms with van der Waals surface area (Å²) in [5.41, 5.74) is 0.750. The minimum atomic E-state index is -4.60. The number of nitrogens with one attached hydrogen (secondary N) is 2. The lowest BCUT2D eigenvalue weighted by molar-refractivity contribution is -0.153. The summed E-state index contributed by atoms with van der Waals surface area (Å²) >= 11 is 0. The molecule has 2 N–H and O–H groups in total. The quantitative estimate of drug-likeness (QED) is 0.526. The molecule has 1 unspecified atom stereocenters. The van der Waals surface area contributed by atoms with Crippen molar-refractivity contribution in [3.05, 3.63) is 65.9 Å². The highest BCUT2D eigenvalue weighted by atomic mass is 19.4. The average molecular weight is 418 g/mol. The van der Waals surface area contributed by atoms with E-state index in [9.17, 15) is 22.8 Å². The van der Waals surface area contributed by atoms with Crippen LogP contribution in [0.3, 0.4) is 0 Å². The van der Waals surface area contributed by atoms with Gasteiger partial charge < -0.3 is 15.0 Å². The van der Waals surface area contributed by atoms with Gasteiger partial charge in [-0.2, -0.15) is 13.2 Å². The van der Waals surface area contributed by atoms with E-state index in [1.807, 2.05) is 30.5 Å². The molecule has 0 saturated carbocycles. The SMILES string of the molecule is CC(OC(=O)CCCc1c[nH]c2ccccc12)C(=O)Nc1ccccc1C(F)(F)F. The highest BCUT2D eigenvalue weighted by molar-refractivity contribution is 5.95. The first kappa shape index (κ1) is 21.4. The molecular formula is C22H21F3N2O3. The van der Waals surface area contributed by atoms with Gasteiger partial charge in [-0.15, -0.1) is 0 Å². The second kappa shape index (κ2) is 9.02. The number of fused-ring (bicyclic) bond motifs is 1. The molecule has 1 aromatic heterocycles. The number of para-hydroxylation sites is 2. The van der Waals surface area contributed by atoms with Crippen LogP contribution < -0.4 is 5.32 Å². The van der Waals surface area contributed by atoms with Gasteiger partial charge in [0.1, 0.15) is 0 Å². The van der Waals surface area contributed by atoms with Crippen molar-refractivity contribution in [3.8, 4) is 0 Å². The minimum Gasteiger partial charge on any atom is -0.453 e. The van der Waals surface area contributed by atoms with E-state index in [0.717, 1.165) is 28.6 Å². The summed E-state index contributed by atoms with van der Waals surface area (Å²) in [5.74, 6) is -1.40. The van der Waals surface area contributed by atoms with Crippen LogP contribution in [0, 0.1) is 0 Å². The van der Waals surface area contributed by atoms with Crippen LogP contribution in [0.25, 0.3) is 10.9 Å². The number of amides is 1. The van der Waals surface area contributed by atoms with E-state index in [4.69, 9.17) is 4.74 Å². The number of aromatic amines is 1. The Morgan fingerprint density at radius 1 is 1.10 bits per heavy atom. The second-order valence-electron chi connectivity index (χ2n) is 6.88. The van der Waals surface area contributed by atoms with E-state index in [0.29, 0.717) is 12.8 Å². The van der Waals surface area contributed by atoms with Crippen LogP contribution in [0.4, 0.5) is 18.9 Å². The van der Waals surface area contributed by atoms with Gasteiger partial charge in [0, 0.05) is 23.5 Å². The summed E-state index contributed by atoms with van der Waals surface area (Å²) in [6.45, 7) is 1.32. The molecule has 0 spiro atoms. The van der Waals surface area contributed by atoms with Gasteiger partial charge in [0.05, 0.1) is 11.3 Å². The van der Waals surface area contributed by atoms with Crippen LogP contribution in [0.15, 0.2) is 54.7 Å². The van der Waals surface area contributed by atoms with Crippen molar-refractivity contribution in [2.75, 3.05) is 5.32 Å². The molecule has 2 aromatic carbocycles. The summed E-state index contributed by atoms with van der Waals surface area (Å²) in [7, 11) is 0. The van der Waals surface area contributed by atoms with E-state index in [2.05, 4.69) is 10.3 Å². The van der Waals surface area contributed by atoms with Gasteiger partial charge in [0.2, 0.25) is 0 Å². The van der Waals surface area contributed by atoms with E-state index in [-0.39, 0.29) is 12.1 Å². The highest BCUT2D eigenvalue weighted by Gasteiger charge is 2.34. The maximum Gasteiger partial charge on any atom is 0.418 e. The highest BCUT2D eigenvalue weighted by Crippen LogP contribution is 2.34. The van der Waals surface area contributed by atoms with Gasteiger partial charge in [0.15, 0.2) is 6.10 Å². The number of H-pyrrole nitrogens is 1. The first-order chi connectivity index (χ1) is 14.3. The maximum atomic E-state index is 13.0. The van der Waals surface area contributed by atoms with Gasteiger partial charge in [-0.25, -0.2) is 0 Å². The lowest BCUT2D eigenvalue weighted by atomic mass is 10.1. The zero-order chi connectivity index (χ0) is 21.7. The number of esters is 1. The number of aryl methyl sites for hydroxylation is 1. The molecule has 8 heteroatoms. The van der Waals surface area contributed by atoms with Crippen molar-refractivity contribution >= 4 is 28.5 Å². The number of halogens is 3. The van der Waals surface area contributed by atoms with Crippen LogP contribution in [0.2, 0.25) is 0 Å². The Morgan fingerprint density at radius 2 is 1.80 bits per heavy atom. The predicted molar refractivity (Wildman–Crippen MR) is 107 cm³/mol. The first-order valence-electron chi connectivity index (χ1n) is 9.47.